The maximum atomic E-state index is 13.7. The Morgan fingerprint density at radius 1 is 1.35 bits per heavy atom. The first-order chi connectivity index (χ1) is 8.02. The molecule has 4 heteroatoms. The van der Waals surface area contributed by atoms with Gasteiger partial charge in [0, 0.05) is 12.2 Å². The molecule has 1 fully saturated rings. The third-order valence-corrected chi connectivity index (χ3v) is 3.38. The molecule has 1 saturated heterocycles. The van der Waals surface area contributed by atoms with E-state index in [2.05, 4.69) is 0 Å². The Labute approximate surface area is 99.2 Å². The fourth-order valence-corrected chi connectivity index (χ4v) is 2.19. The van der Waals surface area contributed by atoms with Crippen molar-refractivity contribution < 1.29 is 18.6 Å². The van der Waals surface area contributed by atoms with Crippen LogP contribution in [-0.4, -0.2) is 17.8 Å². The van der Waals surface area contributed by atoms with Gasteiger partial charge in [0.2, 0.25) is 0 Å². The Bertz CT molecular complexity index is 420. The molecule has 0 aromatic heterocycles. The molecule has 1 N–H and O–H groups in total. The van der Waals surface area contributed by atoms with Gasteiger partial charge in [0.15, 0.2) is 11.6 Å². The molecule has 1 aliphatic heterocycles. The van der Waals surface area contributed by atoms with Gasteiger partial charge in [-0.25, -0.2) is 8.78 Å². The number of hydrogen-bond donors (Lipinski definition) is 1. The van der Waals surface area contributed by atoms with Gasteiger partial charge in [0.25, 0.3) is 0 Å². The summed E-state index contributed by atoms with van der Waals surface area (Å²) in [6, 6.07) is 2.89. The number of benzene rings is 1. The molecule has 1 aromatic rings. The average molecular weight is 242 g/mol. The van der Waals surface area contributed by atoms with Crippen LogP contribution in [0.15, 0.2) is 12.1 Å². The maximum Gasteiger partial charge on any atom is 0.164 e. The molecule has 0 amide bonds. The number of aliphatic hydroxyl groups excluding tert-OH is 1. The molecule has 3 unspecified atom stereocenters. The molecule has 94 valence electrons. The summed E-state index contributed by atoms with van der Waals surface area (Å²) < 4.78 is 32.5. The predicted octanol–water partition coefficient (Wildman–Crippen LogP) is 2.73. The van der Waals surface area contributed by atoms with Crippen LogP contribution in [0.1, 0.15) is 30.6 Å². The molecule has 2 nitrogen and oxygen atoms in total. The number of ether oxygens (including phenoxy) is 1. The second-order valence-corrected chi connectivity index (χ2v) is 4.65. The molecule has 0 saturated carbocycles. The molecular formula is C13H16F2O2. The molecule has 0 radical (unpaired) electrons. The molecular weight excluding hydrogens is 226 g/mol. The van der Waals surface area contributed by atoms with Crippen molar-refractivity contribution >= 4 is 0 Å². The van der Waals surface area contributed by atoms with Gasteiger partial charge in [-0.05, 0) is 24.8 Å². The van der Waals surface area contributed by atoms with Crippen LogP contribution in [0.2, 0.25) is 0 Å². The van der Waals surface area contributed by atoms with Crippen molar-refractivity contribution in [1.82, 2.24) is 0 Å². The lowest BCUT2D eigenvalue weighted by molar-refractivity contribution is -0.0196. The first-order valence-electron chi connectivity index (χ1n) is 5.76. The highest BCUT2D eigenvalue weighted by Gasteiger charge is 2.33. The van der Waals surface area contributed by atoms with Gasteiger partial charge in [0.05, 0.1) is 6.10 Å². The van der Waals surface area contributed by atoms with Gasteiger partial charge in [-0.3, -0.25) is 0 Å². The van der Waals surface area contributed by atoms with Crippen LogP contribution in [0, 0.1) is 24.5 Å². The van der Waals surface area contributed by atoms with Crippen LogP contribution in [0.4, 0.5) is 8.78 Å². The van der Waals surface area contributed by atoms with Crippen molar-refractivity contribution in [1.29, 1.82) is 0 Å². The first kappa shape index (κ1) is 12.5. The molecule has 0 spiro atoms. The van der Waals surface area contributed by atoms with E-state index in [4.69, 9.17) is 4.74 Å². The summed E-state index contributed by atoms with van der Waals surface area (Å²) in [5.74, 6) is -1.72. The minimum atomic E-state index is -1.11. The van der Waals surface area contributed by atoms with Gasteiger partial charge in [0.1, 0.15) is 6.10 Å². The van der Waals surface area contributed by atoms with Gasteiger partial charge in [-0.15, -0.1) is 0 Å². The number of rotatable bonds is 2. The summed E-state index contributed by atoms with van der Waals surface area (Å²) in [5, 5.41) is 10.1. The number of aliphatic hydroxyl groups is 1. The molecule has 0 bridgehead atoms. The van der Waals surface area contributed by atoms with E-state index in [1.54, 1.807) is 0 Å². The minimum absolute atomic E-state index is 0.0214. The highest BCUT2D eigenvalue weighted by atomic mass is 19.2. The Balaban J connectivity index is 2.31. The van der Waals surface area contributed by atoms with Gasteiger partial charge in [-0.1, -0.05) is 19.1 Å². The summed E-state index contributed by atoms with van der Waals surface area (Å²) in [6.45, 7) is 3.98. The van der Waals surface area contributed by atoms with Crippen LogP contribution in [-0.2, 0) is 4.74 Å². The number of aryl methyl sites for hydroxylation is 1. The second-order valence-electron chi connectivity index (χ2n) is 4.65. The van der Waals surface area contributed by atoms with Crippen LogP contribution in [0.25, 0.3) is 0 Å². The smallest absolute Gasteiger partial charge is 0.164 e. The maximum absolute atomic E-state index is 13.7. The topological polar surface area (TPSA) is 29.5 Å². The van der Waals surface area contributed by atoms with E-state index in [0.29, 0.717) is 6.61 Å². The zero-order chi connectivity index (χ0) is 12.6. The van der Waals surface area contributed by atoms with Crippen LogP contribution in [0.5, 0.6) is 0 Å². The van der Waals surface area contributed by atoms with Crippen molar-refractivity contribution in [3.63, 3.8) is 0 Å². The van der Waals surface area contributed by atoms with Crippen LogP contribution >= 0.6 is 0 Å². The molecule has 17 heavy (non-hydrogen) atoms. The summed E-state index contributed by atoms with van der Waals surface area (Å²) >= 11 is 0. The third-order valence-electron chi connectivity index (χ3n) is 3.38. The zero-order valence-electron chi connectivity index (χ0n) is 9.91. The van der Waals surface area contributed by atoms with Crippen LogP contribution < -0.4 is 0 Å². The number of hydrogen-bond acceptors (Lipinski definition) is 2. The molecule has 1 heterocycles. The molecule has 3 atom stereocenters. The Morgan fingerprint density at radius 3 is 2.65 bits per heavy atom. The molecule has 1 aliphatic rings. The van der Waals surface area contributed by atoms with Gasteiger partial charge >= 0.3 is 0 Å². The van der Waals surface area contributed by atoms with Gasteiger partial charge < -0.3 is 9.84 Å². The zero-order valence-corrected chi connectivity index (χ0v) is 9.91. The quantitative estimate of drug-likeness (QED) is 0.864. The van der Waals surface area contributed by atoms with Crippen molar-refractivity contribution in [2.75, 3.05) is 6.61 Å². The van der Waals surface area contributed by atoms with E-state index < -0.39 is 23.8 Å². The summed E-state index contributed by atoms with van der Waals surface area (Å²) in [4.78, 5) is 0. The predicted molar refractivity (Wildman–Crippen MR) is 59.6 cm³/mol. The Kier molecular flexibility index (Phi) is 3.45. The first-order valence-corrected chi connectivity index (χ1v) is 5.76. The Morgan fingerprint density at radius 2 is 2.06 bits per heavy atom. The fourth-order valence-electron chi connectivity index (χ4n) is 2.19. The average Bonchev–Trinajstić information content (AvgIpc) is 2.72. The van der Waals surface area contributed by atoms with Crippen molar-refractivity contribution in [2.45, 2.75) is 32.5 Å². The SMILES string of the molecule is Cc1ccc(C(O)C2OCCC2C)c(F)c1F. The van der Waals surface area contributed by atoms with Crippen molar-refractivity contribution in [2.24, 2.45) is 5.92 Å². The molecule has 1 aromatic carbocycles. The van der Waals surface area contributed by atoms with E-state index >= 15 is 0 Å². The van der Waals surface area contributed by atoms with Crippen molar-refractivity contribution in [3.8, 4) is 0 Å². The summed E-state index contributed by atoms with van der Waals surface area (Å²) in [7, 11) is 0. The van der Waals surface area contributed by atoms with Gasteiger partial charge in [-0.2, -0.15) is 0 Å². The van der Waals surface area contributed by atoms with Crippen LogP contribution in [0.3, 0.4) is 0 Å². The lowest BCUT2D eigenvalue weighted by atomic mass is 9.94. The van der Waals surface area contributed by atoms with E-state index in [1.807, 2.05) is 6.92 Å². The number of halogens is 2. The lowest BCUT2D eigenvalue weighted by Gasteiger charge is -2.22. The monoisotopic (exact) mass is 242 g/mol. The van der Waals surface area contributed by atoms with Crippen molar-refractivity contribution in [3.05, 3.63) is 34.9 Å². The Hall–Kier alpha value is -1.00. The standard InChI is InChI=1S/C13H16F2O2/c1-7-3-4-9(11(15)10(7)14)12(16)13-8(2)5-6-17-13/h3-4,8,12-13,16H,5-6H2,1-2H3. The normalized spacial score (nSPS) is 26.2. The molecule has 0 aliphatic carbocycles. The fraction of sp³-hybridized carbons (Fsp3) is 0.538. The second kappa shape index (κ2) is 4.70. The third kappa shape index (κ3) is 2.19. The summed E-state index contributed by atoms with van der Waals surface area (Å²) in [5.41, 5.74) is 0.214. The van der Waals surface area contributed by atoms with E-state index in [-0.39, 0.29) is 17.0 Å². The molecule has 2 rings (SSSR count). The van der Waals surface area contributed by atoms with E-state index in [0.717, 1.165) is 6.42 Å². The highest BCUT2D eigenvalue weighted by Crippen LogP contribution is 2.33. The lowest BCUT2D eigenvalue weighted by Crippen LogP contribution is -2.24. The summed E-state index contributed by atoms with van der Waals surface area (Å²) in [6.07, 6.45) is -0.730. The highest BCUT2D eigenvalue weighted by molar-refractivity contribution is 5.27. The van der Waals surface area contributed by atoms with E-state index in [9.17, 15) is 13.9 Å². The minimum Gasteiger partial charge on any atom is -0.386 e. The largest absolute Gasteiger partial charge is 0.386 e. The van der Waals surface area contributed by atoms with E-state index in [1.165, 1.54) is 19.1 Å².